The van der Waals surface area contributed by atoms with Gasteiger partial charge in [-0.2, -0.15) is 5.10 Å². The number of carbonyl (C=O) groups is 1. The van der Waals surface area contributed by atoms with Crippen LogP contribution in [-0.2, 0) is 11.3 Å². The quantitative estimate of drug-likeness (QED) is 0.755. The highest BCUT2D eigenvalue weighted by Gasteiger charge is 2.30. The Balaban J connectivity index is 1.44. The van der Waals surface area contributed by atoms with Crippen LogP contribution in [0.1, 0.15) is 24.2 Å². The molecule has 0 unspecified atom stereocenters. The molecule has 27 heavy (non-hydrogen) atoms. The topological polar surface area (TPSA) is 75.9 Å². The third-order valence-electron chi connectivity index (χ3n) is 4.77. The molecule has 4 rings (SSSR count). The lowest BCUT2D eigenvalue weighted by atomic mass is 10.2. The van der Waals surface area contributed by atoms with E-state index in [2.05, 4.69) is 25.3 Å². The van der Waals surface area contributed by atoms with Crippen LogP contribution >= 0.6 is 0 Å². The maximum Gasteiger partial charge on any atom is 0.241 e. The maximum atomic E-state index is 12.9. The number of anilines is 1. The summed E-state index contributed by atoms with van der Waals surface area (Å²) in [5.74, 6) is 0.782. The number of hydrogen-bond donors (Lipinski definition) is 1. The molecule has 1 aromatic carbocycles. The van der Waals surface area contributed by atoms with Crippen LogP contribution in [0, 0.1) is 6.92 Å². The summed E-state index contributed by atoms with van der Waals surface area (Å²) in [6.45, 7) is 3.46. The minimum Gasteiger partial charge on any atom is -0.325 e. The Morgan fingerprint density at radius 2 is 2.11 bits per heavy atom. The molecule has 0 spiro atoms. The number of nitrogens with one attached hydrogen (secondary N) is 1. The van der Waals surface area contributed by atoms with Gasteiger partial charge in [-0.3, -0.25) is 9.69 Å². The monoisotopic (exact) mass is 362 g/mol. The van der Waals surface area contributed by atoms with E-state index in [0.29, 0.717) is 6.54 Å². The van der Waals surface area contributed by atoms with Crippen molar-refractivity contribution in [3.05, 3.63) is 66.5 Å². The Hall–Kier alpha value is -3.06. The molecule has 1 aliphatic rings. The summed E-state index contributed by atoms with van der Waals surface area (Å²) in [4.78, 5) is 23.5. The molecule has 1 saturated heterocycles. The first kappa shape index (κ1) is 17.4. The Morgan fingerprint density at radius 1 is 1.26 bits per heavy atom. The van der Waals surface area contributed by atoms with Crippen molar-refractivity contribution in [2.45, 2.75) is 32.4 Å². The number of benzene rings is 1. The molecular weight excluding hydrogens is 340 g/mol. The first-order valence-corrected chi connectivity index (χ1v) is 9.11. The van der Waals surface area contributed by atoms with Gasteiger partial charge in [0.05, 0.1) is 11.7 Å². The fraction of sp³-hybridized carbons (Fsp3) is 0.300. The van der Waals surface area contributed by atoms with Gasteiger partial charge in [-0.15, -0.1) is 0 Å². The van der Waals surface area contributed by atoms with Gasteiger partial charge in [-0.25, -0.2) is 14.6 Å². The Kier molecular flexibility index (Phi) is 4.93. The zero-order valence-electron chi connectivity index (χ0n) is 15.2. The number of carbonyl (C=O) groups excluding carboxylic acids is 1. The maximum absolute atomic E-state index is 12.9. The lowest BCUT2D eigenvalue weighted by Gasteiger charge is -2.23. The number of aromatic nitrogens is 4. The second kappa shape index (κ2) is 7.67. The first-order chi connectivity index (χ1) is 13.2. The summed E-state index contributed by atoms with van der Waals surface area (Å²) < 4.78 is 1.77. The molecule has 7 nitrogen and oxygen atoms in total. The van der Waals surface area contributed by atoms with Crippen molar-refractivity contribution < 1.29 is 4.79 Å². The minimum absolute atomic E-state index is 0.0261. The fourth-order valence-electron chi connectivity index (χ4n) is 3.42. The lowest BCUT2D eigenvalue weighted by Crippen LogP contribution is -2.39. The summed E-state index contributed by atoms with van der Waals surface area (Å²) in [6.07, 6.45) is 9.15. The zero-order valence-corrected chi connectivity index (χ0v) is 15.2. The molecule has 0 saturated carbocycles. The number of rotatable bonds is 5. The van der Waals surface area contributed by atoms with Crippen LogP contribution in [0.3, 0.4) is 0 Å². The molecule has 0 radical (unpaired) electrons. The summed E-state index contributed by atoms with van der Waals surface area (Å²) in [5, 5.41) is 7.29. The van der Waals surface area contributed by atoms with Crippen molar-refractivity contribution in [1.29, 1.82) is 0 Å². The lowest BCUT2D eigenvalue weighted by molar-refractivity contribution is -0.120. The van der Waals surface area contributed by atoms with Crippen molar-refractivity contribution in [1.82, 2.24) is 24.6 Å². The Morgan fingerprint density at radius 3 is 2.89 bits per heavy atom. The summed E-state index contributed by atoms with van der Waals surface area (Å²) in [7, 11) is 0. The van der Waals surface area contributed by atoms with E-state index >= 15 is 0 Å². The molecule has 0 bridgehead atoms. The van der Waals surface area contributed by atoms with Crippen LogP contribution < -0.4 is 5.32 Å². The van der Waals surface area contributed by atoms with E-state index in [1.54, 1.807) is 10.9 Å². The molecule has 1 atom stereocenters. The number of hydrogen-bond acceptors (Lipinski definition) is 5. The Bertz CT molecular complexity index is 906. The van der Waals surface area contributed by atoms with Crippen LogP contribution in [-0.4, -0.2) is 43.1 Å². The average Bonchev–Trinajstić information content (AvgIpc) is 3.36. The van der Waals surface area contributed by atoms with E-state index in [-0.39, 0.29) is 11.9 Å². The van der Waals surface area contributed by atoms with Crippen molar-refractivity contribution in [2.75, 3.05) is 11.9 Å². The van der Waals surface area contributed by atoms with Gasteiger partial charge in [0, 0.05) is 42.6 Å². The highest BCUT2D eigenvalue weighted by Crippen LogP contribution is 2.22. The minimum atomic E-state index is -0.139. The second-order valence-electron chi connectivity index (χ2n) is 6.76. The zero-order chi connectivity index (χ0) is 18.6. The van der Waals surface area contributed by atoms with Gasteiger partial charge in [0.25, 0.3) is 0 Å². The largest absolute Gasteiger partial charge is 0.325 e. The normalized spacial score (nSPS) is 17.1. The third-order valence-corrected chi connectivity index (χ3v) is 4.77. The van der Waals surface area contributed by atoms with Gasteiger partial charge in [0.2, 0.25) is 5.91 Å². The second-order valence-corrected chi connectivity index (χ2v) is 6.76. The number of aryl methyl sites for hydroxylation is 1. The van der Waals surface area contributed by atoms with Gasteiger partial charge in [-0.1, -0.05) is 6.07 Å². The van der Waals surface area contributed by atoms with Crippen molar-refractivity contribution in [3.8, 4) is 5.69 Å². The standard InChI is InChI=1S/C20H22N6O/c1-15-21-12-16(13-22-15)14-25-9-3-7-19(25)20(27)24-17-5-2-6-18(11-17)26-10-4-8-23-26/h2,4-6,8,10-13,19H,3,7,9,14H2,1H3,(H,24,27)/t19-/m0/s1. The van der Waals surface area contributed by atoms with Crippen LogP contribution in [0.4, 0.5) is 5.69 Å². The van der Waals surface area contributed by atoms with Crippen molar-refractivity contribution >= 4 is 11.6 Å². The van der Waals surface area contributed by atoms with Crippen LogP contribution in [0.2, 0.25) is 0 Å². The van der Waals surface area contributed by atoms with Crippen LogP contribution in [0.5, 0.6) is 0 Å². The van der Waals surface area contributed by atoms with Crippen molar-refractivity contribution in [2.24, 2.45) is 0 Å². The predicted octanol–water partition coefficient (Wildman–Crippen LogP) is 2.57. The first-order valence-electron chi connectivity index (χ1n) is 9.11. The van der Waals surface area contributed by atoms with Gasteiger partial charge >= 0.3 is 0 Å². The summed E-state index contributed by atoms with van der Waals surface area (Å²) in [5.41, 5.74) is 2.72. The smallest absolute Gasteiger partial charge is 0.241 e. The molecule has 2 aromatic heterocycles. The molecule has 138 valence electrons. The van der Waals surface area contributed by atoms with Gasteiger partial charge in [-0.05, 0) is 50.6 Å². The van der Waals surface area contributed by atoms with Gasteiger partial charge < -0.3 is 5.32 Å². The fourth-order valence-corrected chi connectivity index (χ4v) is 3.42. The van der Waals surface area contributed by atoms with Crippen LogP contribution in [0.25, 0.3) is 5.69 Å². The highest BCUT2D eigenvalue weighted by atomic mass is 16.2. The molecule has 1 aliphatic heterocycles. The average molecular weight is 362 g/mol. The molecular formula is C20H22N6O. The molecule has 0 aliphatic carbocycles. The van der Waals surface area contributed by atoms with Crippen molar-refractivity contribution in [3.63, 3.8) is 0 Å². The molecule has 7 heteroatoms. The third kappa shape index (κ3) is 4.03. The molecule has 1 fully saturated rings. The van der Waals surface area contributed by atoms with E-state index in [4.69, 9.17) is 0 Å². The number of likely N-dealkylation sites (tertiary alicyclic amines) is 1. The van der Waals surface area contributed by atoms with E-state index in [1.807, 2.05) is 55.8 Å². The molecule has 1 N–H and O–H groups in total. The summed E-state index contributed by atoms with van der Waals surface area (Å²) in [6, 6.07) is 9.44. The highest BCUT2D eigenvalue weighted by molar-refractivity contribution is 5.95. The van der Waals surface area contributed by atoms with Gasteiger partial charge in [0.15, 0.2) is 0 Å². The number of nitrogens with zero attached hydrogens (tertiary/aromatic N) is 5. The predicted molar refractivity (Wildman–Crippen MR) is 102 cm³/mol. The number of amides is 1. The van der Waals surface area contributed by atoms with E-state index in [0.717, 1.165) is 42.1 Å². The molecule has 1 amide bonds. The Labute approximate surface area is 158 Å². The van der Waals surface area contributed by atoms with E-state index < -0.39 is 0 Å². The van der Waals surface area contributed by atoms with E-state index in [1.165, 1.54) is 0 Å². The van der Waals surface area contributed by atoms with Gasteiger partial charge in [0.1, 0.15) is 5.82 Å². The van der Waals surface area contributed by atoms with E-state index in [9.17, 15) is 4.79 Å². The SMILES string of the molecule is Cc1ncc(CN2CCC[C@H]2C(=O)Nc2cccc(-n3cccn3)c2)cn1. The molecule has 3 aromatic rings. The summed E-state index contributed by atoms with van der Waals surface area (Å²) >= 11 is 0. The van der Waals surface area contributed by atoms with Crippen LogP contribution in [0.15, 0.2) is 55.1 Å². The molecule has 3 heterocycles.